The van der Waals surface area contributed by atoms with Crippen LogP contribution >= 0.6 is 11.6 Å². The Balaban J connectivity index is 1.77. The zero-order chi connectivity index (χ0) is 18.1. The number of rotatable bonds is 6. The van der Waals surface area contributed by atoms with Gasteiger partial charge in [-0.15, -0.1) is 0 Å². The van der Waals surface area contributed by atoms with Crippen molar-refractivity contribution >= 4 is 23.5 Å². The number of piperazine rings is 1. The lowest BCUT2D eigenvalue weighted by molar-refractivity contribution is -0.130. The summed E-state index contributed by atoms with van der Waals surface area (Å²) in [4.78, 5) is 20.2. The summed E-state index contributed by atoms with van der Waals surface area (Å²) in [5.41, 5.74) is 1.02. The molecule has 0 unspecified atom stereocenters. The molecule has 1 heterocycles. The molecule has 0 radical (unpaired) electrons. The molecule has 6 nitrogen and oxygen atoms in total. The van der Waals surface area contributed by atoms with Gasteiger partial charge in [0.2, 0.25) is 5.91 Å². The summed E-state index contributed by atoms with van der Waals surface area (Å²) < 4.78 is 0. The molecule has 25 heavy (non-hydrogen) atoms. The van der Waals surface area contributed by atoms with Crippen LogP contribution in [0.2, 0.25) is 5.02 Å². The summed E-state index contributed by atoms with van der Waals surface area (Å²) in [6.45, 7) is 10.3. The number of carbonyl (C=O) groups excluding carboxylic acids is 1. The number of hydrogen-bond donors (Lipinski definition) is 2. The smallest absolute Gasteiger partial charge is 0.219 e. The Hall–Kier alpha value is -1.79. The lowest BCUT2D eigenvalue weighted by Crippen LogP contribution is -2.50. The maximum atomic E-state index is 11.4. The van der Waals surface area contributed by atoms with E-state index in [9.17, 15) is 4.79 Å². The van der Waals surface area contributed by atoms with Crippen molar-refractivity contribution in [2.45, 2.75) is 20.4 Å². The number of guanidine groups is 1. The molecular weight excluding hydrogens is 338 g/mol. The summed E-state index contributed by atoms with van der Waals surface area (Å²) in [6, 6.07) is 7.76. The van der Waals surface area contributed by atoms with E-state index in [1.165, 1.54) is 0 Å². The number of amides is 1. The molecule has 0 bridgehead atoms. The van der Waals surface area contributed by atoms with Gasteiger partial charge in [-0.1, -0.05) is 29.8 Å². The van der Waals surface area contributed by atoms with Crippen LogP contribution in [0.25, 0.3) is 0 Å². The van der Waals surface area contributed by atoms with Gasteiger partial charge in [-0.2, -0.15) is 0 Å². The predicted molar refractivity (Wildman–Crippen MR) is 103 cm³/mol. The Morgan fingerprint density at radius 2 is 1.92 bits per heavy atom. The average molecular weight is 366 g/mol. The lowest BCUT2D eigenvalue weighted by Gasteiger charge is -2.34. The average Bonchev–Trinajstić information content (AvgIpc) is 2.61. The Morgan fingerprint density at radius 1 is 1.20 bits per heavy atom. The molecule has 1 fully saturated rings. The van der Waals surface area contributed by atoms with Gasteiger partial charge in [0, 0.05) is 57.8 Å². The predicted octanol–water partition coefficient (Wildman–Crippen LogP) is 1.56. The van der Waals surface area contributed by atoms with Crippen LogP contribution in [-0.2, 0) is 11.3 Å². The number of nitrogens with one attached hydrogen (secondary N) is 2. The lowest BCUT2D eigenvalue weighted by atomic mass is 10.2. The molecule has 1 aliphatic heterocycles. The van der Waals surface area contributed by atoms with Crippen molar-refractivity contribution in [3.8, 4) is 0 Å². The van der Waals surface area contributed by atoms with Gasteiger partial charge < -0.3 is 15.5 Å². The molecule has 1 aliphatic rings. The third-order valence-corrected chi connectivity index (χ3v) is 4.62. The molecule has 1 aromatic rings. The minimum absolute atomic E-state index is 0.166. The number of halogens is 1. The van der Waals surface area contributed by atoms with E-state index in [1.807, 2.05) is 36.1 Å². The van der Waals surface area contributed by atoms with Crippen LogP contribution in [0.15, 0.2) is 29.3 Å². The van der Waals surface area contributed by atoms with E-state index in [-0.39, 0.29) is 5.91 Å². The molecule has 138 valence electrons. The molecule has 2 rings (SSSR count). The molecular formula is C18H28ClN5O. The minimum Gasteiger partial charge on any atom is -0.357 e. The molecule has 0 aliphatic carbocycles. The largest absolute Gasteiger partial charge is 0.357 e. The van der Waals surface area contributed by atoms with Gasteiger partial charge in [0.1, 0.15) is 0 Å². The molecule has 2 N–H and O–H groups in total. The highest BCUT2D eigenvalue weighted by Gasteiger charge is 2.17. The third kappa shape index (κ3) is 6.55. The third-order valence-electron chi connectivity index (χ3n) is 4.25. The van der Waals surface area contributed by atoms with Crippen molar-refractivity contribution in [3.63, 3.8) is 0 Å². The van der Waals surface area contributed by atoms with E-state index in [4.69, 9.17) is 11.6 Å². The maximum Gasteiger partial charge on any atom is 0.219 e. The Morgan fingerprint density at radius 3 is 2.56 bits per heavy atom. The fourth-order valence-electron chi connectivity index (χ4n) is 2.75. The van der Waals surface area contributed by atoms with Crippen molar-refractivity contribution in [1.29, 1.82) is 0 Å². The van der Waals surface area contributed by atoms with Crippen LogP contribution in [0.3, 0.4) is 0 Å². The maximum absolute atomic E-state index is 11.4. The number of hydrogen-bond acceptors (Lipinski definition) is 3. The summed E-state index contributed by atoms with van der Waals surface area (Å²) in [7, 11) is 0. The highest BCUT2D eigenvalue weighted by Crippen LogP contribution is 2.15. The topological polar surface area (TPSA) is 60.0 Å². The molecule has 0 spiro atoms. The van der Waals surface area contributed by atoms with Crippen molar-refractivity contribution < 1.29 is 4.79 Å². The summed E-state index contributed by atoms with van der Waals surface area (Å²) in [5.74, 6) is 0.962. The Bertz CT molecular complexity index is 585. The highest BCUT2D eigenvalue weighted by molar-refractivity contribution is 6.31. The van der Waals surface area contributed by atoms with Crippen LogP contribution in [0, 0.1) is 0 Å². The second-order valence-electron chi connectivity index (χ2n) is 6.06. The zero-order valence-electron chi connectivity index (χ0n) is 15.1. The first-order valence-electron chi connectivity index (χ1n) is 8.83. The first-order chi connectivity index (χ1) is 12.1. The van der Waals surface area contributed by atoms with Gasteiger partial charge in [0.25, 0.3) is 0 Å². The van der Waals surface area contributed by atoms with Gasteiger partial charge in [-0.3, -0.25) is 9.69 Å². The quantitative estimate of drug-likeness (QED) is 0.593. The second-order valence-corrected chi connectivity index (χ2v) is 6.47. The van der Waals surface area contributed by atoms with Crippen LogP contribution in [-0.4, -0.2) is 67.5 Å². The van der Waals surface area contributed by atoms with Gasteiger partial charge in [0.05, 0.1) is 6.54 Å². The Labute approximate surface area is 155 Å². The van der Waals surface area contributed by atoms with Gasteiger partial charge in [0.15, 0.2) is 5.96 Å². The Kier molecular flexibility index (Phi) is 8.01. The standard InChI is InChI=1S/C18H28ClN5O/c1-3-20-18(22-14-16-6-4-5-7-17(16)19)21-8-9-23-10-12-24(13-11-23)15(2)25/h4-7H,3,8-14H2,1-2H3,(H2,20,21,22). The highest BCUT2D eigenvalue weighted by atomic mass is 35.5. The van der Waals surface area contributed by atoms with Crippen molar-refractivity contribution in [2.75, 3.05) is 45.8 Å². The monoisotopic (exact) mass is 365 g/mol. The molecule has 7 heteroatoms. The van der Waals surface area contributed by atoms with Crippen molar-refractivity contribution in [3.05, 3.63) is 34.9 Å². The second kappa shape index (κ2) is 10.3. The van der Waals surface area contributed by atoms with Crippen LogP contribution in [0.5, 0.6) is 0 Å². The number of benzene rings is 1. The number of nitrogens with zero attached hydrogens (tertiary/aromatic N) is 3. The van der Waals surface area contributed by atoms with E-state index in [1.54, 1.807) is 6.92 Å². The summed E-state index contributed by atoms with van der Waals surface area (Å²) >= 11 is 6.18. The van der Waals surface area contributed by atoms with E-state index >= 15 is 0 Å². The molecule has 1 aromatic carbocycles. The fraction of sp³-hybridized carbons (Fsp3) is 0.556. The van der Waals surface area contributed by atoms with Gasteiger partial charge >= 0.3 is 0 Å². The number of carbonyl (C=O) groups is 1. The first-order valence-corrected chi connectivity index (χ1v) is 9.21. The fourth-order valence-corrected chi connectivity index (χ4v) is 2.95. The van der Waals surface area contributed by atoms with Crippen molar-refractivity contribution in [2.24, 2.45) is 4.99 Å². The number of aliphatic imine (C=N–C) groups is 1. The minimum atomic E-state index is 0.166. The molecule has 0 atom stereocenters. The van der Waals surface area contributed by atoms with Crippen LogP contribution < -0.4 is 10.6 Å². The molecule has 1 saturated heterocycles. The van der Waals surface area contributed by atoms with E-state index in [0.29, 0.717) is 6.54 Å². The van der Waals surface area contributed by atoms with E-state index < -0.39 is 0 Å². The van der Waals surface area contributed by atoms with E-state index in [0.717, 1.165) is 62.4 Å². The van der Waals surface area contributed by atoms with Crippen LogP contribution in [0.4, 0.5) is 0 Å². The van der Waals surface area contributed by atoms with Crippen LogP contribution in [0.1, 0.15) is 19.4 Å². The summed E-state index contributed by atoms with van der Waals surface area (Å²) in [5, 5.41) is 7.36. The molecule has 1 amide bonds. The van der Waals surface area contributed by atoms with Gasteiger partial charge in [-0.25, -0.2) is 4.99 Å². The van der Waals surface area contributed by atoms with Crippen molar-refractivity contribution in [1.82, 2.24) is 20.4 Å². The normalized spacial score (nSPS) is 16.0. The summed E-state index contributed by atoms with van der Waals surface area (Å²) in [6.07, 6.45) is 0. The van der Waals surface area contributed by atoms with Gasteiger partial charge in [-0.05, 0) is 18.6 Å². The van der Waals surface area contributed by atoms with E-state index in [2.05, 4.69) is 20.5 Å². The molecule has 0 saturated carbocycles. The zero-order valence-corrected chi connectivity index (χ0v) is 15.9. The first kappa shape index (κ1) is 19.5. The molecule has 0 aromatic heterocycles. The SMILES string of the molecule is CCNC(=NCc1ccccc1Cl)NCCN1CCN(C(C)=O)CC1.